The molecule has 0 radical (unpaired) electrons. The van der Waals surface area contributed by atoms with Gasteiger partial charge in [-0.05, 0) is 18.1 Å². The van der Waals surface area contributed by atoms with Crippen molar-refractivity contribution < 1.29 is 14.7 Å². The summed E-state index contributed by atoms with van der Waals surface area (Å²) in [6.07, 6.45) is 0.796. The highest BCUT2D eigenvalue weighted by Gasteiger charge is 2.32. The van der Waals surface area contributed by atoms with Crippen LogP contribution in [0.2, 0.25) is 5.02 Å². The number of hydrogen-bond acceptors (Lipinski definition) is 4. The first-order valence-electron chi connectivity index (χ1n) is 5.24. The third-order valence-corrected chi connectivity index (χ3v) is 3.33. The van der Waals surface area contributed by atoms with E-state index in [0.717, 1.165) is 11.1 Å². The molecule has 0 amide bonds. The van der Waals surface area contributed by atoms with Crippen LogP contribution in [0.5, 0.6) is 0 Å². The number of esters is 1. The molecule has 1 aromatic rings. The topological polar surface area (TPSA) is 58.9 Å². The highest BCUT2D eigenvalue weighted by atomic mass is 35.5. The van der Waals surface area contributed by atoms with Gasteiger partial charge in [0.25, 0.3) is 0 Å². The fraction of sp³-hybridized carbons (Fsp3) is 0.333. The summed E-state index contributed by atoms with van der Waals surface area (Å²) < 4.78 is 4.63. The maximum Gasteiger partial charge on any atom is 0.306 e. The first kappa shape index (κ1) is 11.9. The lowest BCUT2D eigenvalue weighted by Gasteiger charge is -2.07. The maximum absolute atomic E-state index is 11.3. The SMILES string of the molecule is COC(=O)CC1Cc2c(Cl)cccc2C1=NO. The standard InChI is InChI=1S/C12H12ClNO3/c1-17-11(15)6-7-5-9-8(12(7)14-16)3-2-4-10(9)13/h2-4,7,16H,5-6H2,1H3. The average Bonchev–Trinajstić information content (AvgIpc) is 2.68. The number of halogens is 1. The second-order valence-electron chi connectivity index (χ2n) is 3.93. The van der Waals surface area contributed by atoms with Crippen LogP contribution in [0, 0.1) is 5.92 Å². The Morgan fingerprint density at radius 1 is 1.65 bits per heavy atom. The minimum atomic E-state index is -0.319. The molecule has 0 saturated heterocycles. The summed E-state index contributed by atoms with van der Waals surface area (Å²) in [6.45, 7) is 0. The molecule has 0 aromatic heterocycles. The number of rotatable bonds is 2. The first-order chi connectivity index (χ1) is 8.17. The van der Waals surface area contributed by atoms with Crippen molar-refractivity contribution in [1.29, 1.82) is 0 Å². The van der Waals surface area contributed by atoms with Gasteiger partial charge in [-0.15, -0.1) is 0 Å². The molecule has 1 atom stereocenters. The Labute approximate surface area is 104 Å². The van der Waals surface area contributed by atoms with Crippen molar-refractivity contribution in [3.63, 3.8) is 0 Å². The van der Waals surface area contributed by atoms with Gasteiger partial charge in [-0.25, -0.2) is 0 Å². The highest BCUT2D eigenvalue weighted by Crippen LogP contribution is 2.34. The van der Waals surface area contributed by atoms with Crippen LogP contribution >= 0.6 is 11.6 Å². The Morgan fingerprint density at radius 3 is 3.06 bits per heavy atom. The molecule has 0 fully saturated rings. The van der Waals surface area contributed by atoms with Crippen LogP contribution in [0.25, 0.3) is 0 Å². The van der Waals surface area contributed by atoms with E-state index < -0.39 is 0 Å². The van der Waals surface area contributed by atoms with Gasteiger partial charge in [0.15, 0.2) is 0 Å². The normalized spacial score (nSPS) is 20.4. The van der Waals surface area contributed by atoms with Crippen LogP contribution in [0.4, 0.5) is 0 Å². The minimum absolute atomic E-state index is 0.164. The molecule has 1 unspecified atom stereocenters. The van der Waals surface area contributed by atoms with E-state index in [1.165, 1.54) is 7.11 Å². The molecule has 0 heterocycles. The van der Waals surface area contributed by atoms with Gasteiger partial charge in [0, 0.05) is 16.5 Å². The molecule has 90 valence electrons. The lowest BCUT2D eigenvalue weighted by Crippen LogP contribution is -2.16. The van der Waals surface area contributed by atoms with E-state index >= 15 is 0 Å². The van der Waals surface area contributed by atoms with Crippen molar-refractivity contribution in [3.8, 4) is 0 Å². The highest BCUT2D eigenvalue weighted by molar-refractivity contribution is 6.32. The largest absolute Gasteiger partial charge is 0.469 e. The molecule has 5 heteroatoms. The van der Waals surface area contributed by atoms with Crippen molar-refractivity contribution in [2.75, 3.05) is 7.11 Å². The van der Waals surface area contributed by atoms with Gasteiger partial charge in [-0.1, -0.05) is 28.9 Å². The fourth-order valence-corrected chi connectivity index (χ4v) is 2.41. The molecular weight excluding hydrogens is 242 g/mol. The number of oxime groups is 1. The molecule has 0 bridgehead atoms. The fourth-order valence-electron chi connectivity index (χ4n) is 2.16. The predicted molar refractivity (Wildman–Crippen MR) is 63.6 cm³/mol. The Bertz CT molecular complexity index is 485. The van der Waals surface area contributed by atoms with Gasteiger partial charge in [-0.2, -0.15) is 0 Å². The van der Waals surface area contributed by atoms with Crippen LogP contribution in [-0.2, 0) is 16.0 Å². The van der Waals surface area contributed by atoms with Crippen LogP contribution in [0.3, 0.4) is 0 Å². The van der Waals surface area contributed by atoms with Crippen molar-refractivity contribution in [3.05, 3.63) is 34.3 Å². The summed E-state index contributed by atoms with van der Waals surface area (Å²) in [4.78, 5) is 11.3. The number of carbonyl (C=O) groups excluding carboxylic acids is 1. The number of methoxy groups -OCH3 is 1. The molecule has 4 nitrogen and oxygen atoms in total. The zero-order valence-corrected chi connectivity index (χ0v) is 10.1. The Balaban J connectivity index is 2.32. The van der Waals surface area contributed by atoms with Crippen LogP contribution < -0.4 is 0 Å². The predicted octanol–water partition coefficient (Wildman–Crippen LogP) is 2.25. The molecule has 0 spiro atoms. The van der Waals surface area contributed by atoms with Gasteiger partial charge in [0.1, 0.15) is 0 Å². The molecule has 1 aromatic carbocycles. The van der Waals surface area contributed by atoms with E-state index in [1.54, 1.807) is 12.1 Å². The van der Waals surface area contributed by atoms with Gasteiger partial charge < -0.3 is 9.94 Å². The maximum atomic E-state index is 11.3. The van der Waals surface area contributed by atoms with Gasteiger partial charge in [0.2, 0.25) is 0 Å². The second kappa shape index (κ2) is 4.75. The number of hydrogen-bond donors (Lipinski definition) is 1. The van der Waals surface area contributed by atoms with Crippen molar-refractivity contribution in [2.45, 2.75) is 12.8 Å². The van der Waals surface area contributed by atoms with Crippen molar-refractivity contribution in [2.24, 2.45) is 11.1 Å². The minimum Gasteiger partial charge on any atom is -0.469 e. The Hall–Kier alpha value is -1.55. The zero-order chi connectivity index (χ0) is 12.4. The van der Waals surface area contributed by atoms with E-state index in [-0.39, 0.29) is 18.3 Å². The van der Waals surface area contributed by atoms with Gasteiger partial charge >= 0.3 is 5.97 Å². The molecule has 1 N–H and O–H groups in total. The summed E-state index contributed by atoms with van der Waals surface area (Å²) in [5.74, 6) is -0.484. The van der Waals surface area contributed by atoms with E-state index in [9.17, 15) is 4.79 Å². The van der Waals surface area contributed by atoms with Crippen LogP contribution in [0.15, 0.2) is 23.4 Å². The molecule has 1 aliphatic rings. The van der Waals surface area contributed by atoms with Gasteiger partial charge in [-0.3, -0.25) is 4.79 Å². The van der Waals surface area contributed by atoms with E-state index in [1.807, 2.05) is 6.07 Å². The van der Waals surface area contributed by atoms with E-state index in [2.05, 4.69) is 9.89 Å². The summed E-state index contributed by atoms with van der Waals surface area (Å²) in [5, 5.41) is 13.0. The van der Waals surface area contributed by atoms with Gasteiger partial charge in [0.05, 0.1) is 19.2 Å². The number of benzene rings is 1. The molecule has 17 heavy (non-hydrogen) atoms. The summed E-state index contributed by atoms with van der Waals surface area (Å²) >= 11 is 6.07. The molecular formula is C12H12ClNO3. The van der Waals surface area contributed by atoms with Crippen molar-refractivity contribution >= 4 is 23.3 Å². The van der Waals surface area contributed by atoms with Crippen molar-refractivity contribution in [1.82, 2.24) is 0 Å². The number of carbonyl (C=O) groups is 1. The summed E-state index contributed by atoms with van der Waals surface area (Å²) in [7, 11) is 1.34. The number of fused-ring (bicyclic) bond motifs is 1. The molecule has 2 rings (SSSR count). The summed E-state index contributed by atoms with van der Waals surface area (Å²) in [6, 6.07) is 5.43. The first-order valence-corrected chi connectivity index (χ1v) is 5.61. The monoisotopic (exact) mass is 253 g/mol. The molecule has 0 aliphatic heterocycles. The third-order valence-electron chi connectivity index (χ3n) is 2.98. The smallest absolute Gasteiger partial charge is 0.306 e. The number of ether oxygens (including phenoxy) is 1. The molecule has 1 aliphatic carbocycles. The Kier molecular flexibility index (Phi) is 3.33. The lowest BCUT2D eigenvalue weighted by atomic mass is 10.0. The van der Waals surface area contributed by atoms with Crippen LogP contribution in [-0.4, -0.2) is 24.0 Å². The number of nitrogens with zero attached hydrogens (tertiary/aromatic N) is 1. The Morgan fingerprint density at radius 2 is 2.41 bits per heavy atom. The van der Waals surface area contributed by atoms with E-state index in [0.29, 0.717) is 17.2 Å². The summed E-state index contributed by atoms with van der Waals surface area (Å²) in [5.41, 5.74) is 2.25. The third kappa shape index (κ3) is 2.13. The average molecular weight is 254 g/mol. The lowest BCUT2D eigenvalue weighted by molar-refractivity contribution is -0.141. The second-order valence-corrected chi connectivity index (χ2v) is 4.34. The quantitative estimate of drug-likeness (QED) is 0.500. The molecule has 0 saturated carbocycles. The van der Waals surface area contributed by atoms with E-state index in [4.69, 9.17) is 16.8 Å². The van der Waals surface area contributed by atoms with Crippen LogP contribution in [0.1, 0.15) is 17.5 Å². The zero-order valence-electron chi connectivity index (χ0n) is 9.31.